The molecule has 1 aromatic heterocycles. The molecule has 2 rings (SSSR count). The lowest BCUT2D eigenvalue weighted by molar-refractivity contribution is 0.413. The number of nitrogens with zero attached hydrogens (tertiary/aromatic N) is 2. The third-order valence-electron chi connectivity index (χ3n) is 2.97. The van der Waals surface area contributed by atoms with E-state index in [-0.39, 0.29) is 0 Å². The van der Waals surface area contributed by atoms with Crippen molar-refractivity contribution >= 4 is 17.2 Å². The summed E-state index contributed by atoms with van der Waals surface area (Å²) in [5, 5.41) is 4.44. The predicted octanol–water partition coefficient (Wildman–Crippen LogP) is 2.19. The van der Waals surface area contributed by atoms with E-state index in [1.165, 1.54) is 0 Å². The average molecular weight is 275 g/mol. The monoisotopic (exact) mass is 275 g/mol. The fourth-order valence-corrected chi connectivity index (χ4v) is 2.21. The fourth-order valence-electron chi connectivity index (χ4n) is 2.05. The molecule has 0 aliphatic heterocycles. The number of benzene rings is 1. The van der Waals surface area contributed by atoms with Crippen molar-refractivity contribution in [1.82, 2.24) is 9.78 Å². The Morgan fingerprint density at radius 2 is 2.11 bits per heavy atom. The van der Waals surface area contributed by atoms with Crippen LogP contribution in [0.4, 0.5) is 0 Å². The van der Waals surface area contributed by atoms with E-state index < -0.39 is 0 Å². The molecule has 100 valence electrons. The van der Waals surface area contributed by atoms with Crippen LogP contribution in [0.2, 0.25) is 0 Å². The molecule has 0 aliphatic carbocycles. The predicted molar refractivity (Wildman–Crippen MR) is 79.7 cm³/mol. The van der Waals surface area contributed by atoms with Gasteiger partial charge in [-0.15, -0.1) is 0 Å². The van der Waals surface area contributed by atoms with Gasteiger partial charge in [0.1, 0.15) is 10.7 Å². The van der Waals surface area contributed by atoms with Gasteiger partial charge in [-0.25, -0.2) is 0 Å². The van der Waals surface area contributed by atoms with E-state index in [9.17, 15) is 0 Å². The summed E-state index contributed by atoms with van der Waals surface area (Å²) in [6.45, 7) is 4.73. The van der Waals surface area contributed by atoms with E-state index in [1.807, 2.05) is 36.7 Å². The number of ether oxygens (including phenoxy) is 1. The van der Waals surface area contributed by atoms with Crippen LogP contribution in [0.25, 0.3) is 0 Å². The molecule has 0 saturated heterocycles. The zero-order valence-corrected chi connectivity index (χ0v) is 12.1. The van der Waals surface area contributed by atoms with Crippen LogP contribution in [-0.4, -0.2) is 21.9 Å². The highest BCUT2D eigenvalue weighted by molar-refractivity contribution is 7.80. The van der Waals surface area contributed by atoms with Crippen molar-refractivity contribution in [2.75, 3.05) is 7.11 Å². The van der Waals surface area contributed by atoms with Gasteiger partial charge in [0.05, 0.1) is 24.9 Å². The second-order valence-corrected chi connectivity index (χ2v) is 4.92. The second-order valence-electron chi connectivity index (χ2n) is 4.48. The standard InChI is InChI=1S/C14H17N3OS/c1-9-6-10(2)17(16-9)8-11-4-5-12(14(15)19)13(7-11)18-3/h4-7H,8H2,1-3H3,(H2,15,19). The summed E-state index contributed by atoms with van der Waals surface area (Å²) in [7, 11) is 1.62. The normalized spacial score (nSPS) is 10.5. The molecule has 0 fully saturated rings. The SMILES string of the molecule is COc1cc(Cn2nc(C)cc2C)ccc1C(N)=S. The summed E-state index contributed by atoms with van der Waals surface area (Å²) in [6.07, 6.45) is 0. The molecule has 5 heteroatoms. The maximum absolute atomic E-state index is 5.65. The molecule has 0 atom stereocenters. The van der Waals surface area contributed by atoms with Gasteiger partial charge in [0, 0.05) is 5.69 Å². The van der Waals surface area contributed by atoms with Crippen molar-refractivity contribution in [1.29, 1.82) is 0 Å². The smallest absolute Gasteiger partial charge is 0.129 e. The molecule has 19 heavy (non-hydrogen) atoms. The largest absolute Gasteiger partial charge is 0.496 e. The Kier molecular flexibility index (Phi) is 3.85. The number of nitrogens with two attached hydrogens (primary N) is 1. The molecule has 0 bridgehead atoms. The summed E-state index contributed by atoms with van der Waals surface area (Å²) in [5.74, 6) is 0.700. The zero-order chi connectivity index (χ0) is 14.0. The molecule has 0 saturated carbocycles. The number of rotatable bonds is 4. The molecule has 0 spiro atoms. The molecule has 0 radical (unpaired) electrons. The minimum absolute atomic E-state index is 0.342. The Labute approximate surface area is 118 Å². The summed E-state index contributed by atoms with van der Waals surface area (Å²) in [5.41, 5.74) is 9.67. The highest BCUT2D eigenvalue weighted by Crippen LogP contribution is 2.21. The van der Waals surface area contributed by atoms with Crippen LogP contribution in [0.5, 0.6) is 5.75 Å². The first-order valence-electron chi connectivity index (χ1n) is 5.99. The van der Waals surface area contributed by atoms with Gasteiger partial charge >= 0.3 is 0 Å². The van der Waals surface area contributed by atoms with Gasteiger partial charge in [-0.05, 0) is 37.6 Å². The Bertz CT molecular complexity index is 619. The van der Waals surface area contributed by atoms with Crippen LogP contribution in [0, 0.1) is 13.8 Å². The lowest BCUT2D eigenvalue weighted by Crippen LogP contribution is -2.12. The van der Waals surface area contributed by atoms with Gasteiger partial charge < -0.3 is 10.5 Å². The average Bonchev–Trinajstić information content (AvgIpc) is 2.67. The first-order valence-corrected chi connectivity index (χ1v) is 6.40. The summed E-state index contributed by atoms with van der Waals surface area (Å²) < 4.78 is 7.29. The maximum atomic E-state index is 5.65. The molecule has 2 aromatic rings. The van der Waals surface area contributed by atoms with Crippen molar-refractivity contribution in [3.63, 3.8) is 0 Å². The quantitative estimate of drug-likeness (QED) is 0.869. The minimum atomic E-state index is 0.342. The Morgan fingerprint density at radius 3 is 2.63 bits per heavy atom. The van der Waals surface area contributed by atoms with Crippen LogP contribution in [-0.2, 0) is 6.54 Å². The zero-order valence-electron chi connectivity index (χ0n) is 11.3. The van der Waals surface area contributed by atoms with Gasteiger partial charge in [-0.1, -0.05) is 18.3 Å². The van der Waals surface area contributed by atoms with Gasteiger partial charge in [0.15, 0.2) is 0 Å². The summed E-state index contributed by atoms with van der Waals surface area (Å²) in [6, 6.07) is 7.89. The second kappa shape index (κ2) is 5.40. The number of hydrogen-bond donors (Lipinski definition) is 1. The Hall–Kier alpha value is -1.88. The van der Waals surface area contributed by atoms with E-state index in [2.05, 4.69) is 11.2 Å². The number of thiocarbonyl (C=S) groups is 1. The van der Waals surface area contributed by atoms with E-state index in [0.717, 1.165) is 22.5 Å². The van der Waals surface area contributed by atoms with Gasteiger partial charge in [0.25, 0.3) is 0 Å². The number of hydrogen-bond acceptors (Lipinski definition) is 3. The minimum Gasteiger partial charge on any atom is -0.496 e. The molecular weight excluding hydrogens is 258 g/mol. The first kappa shape index (κ1) is 13.5. The molecule has 1 heterocycles. The molecule has 0 unspecified atom stereocenters. The maximum Gasteiger partial charge on any atom is 0.129 e. The lowest BCUT2D eigenvalue weighted by Gasteiger charge is -2.10. The number of aryl methyl sites for hydroxylation is 2. The molecule has 1 aromatic carbocycles. The summed E-state index contributed by atoms with van der Waals surface area (Å²) in [4.78, 5) is 0.342. The van der Waals surface area contributed by atoms with Crippen LogP contribution < -0.4 is 10.5 Å². The van der Waals surface area contributed by atoms with Gasteiger partial charge in [-0.3, -0.25) is 4.68 Å². The van der Waals surface area contributed by atoms with Crippen molar-refractivity contribution in [2.24, 2.45) is 5.73 Å². The Balaban J connectivity index is 2.31. The van der Waals surface area contributed by atoms with Gasteiger partial charge in [-0.2, -0.15) is 5.10 Å². The molecule has 0 amide bonds. The van der Waals surface area contributed by atoms with Crippen molar-refractivity contribution in [3.05, 3.63) is 46.8 Å². The first-order chi connectivity index (χ1) is 9.01. The van der Waals surface area contributed by atoms with Crippen molar-refractivity contribution in [2.45, 2.75) is 20.4 Å². The highest BCUT2D eigenvalue weighted by atomic mass is 32.1. The molecular formula is C14H17N3OS. The molecule has 2 N–H and O–H groups in total. The van der Waals surface area contributed by atoms with Gasteiger partial charge in [0.2, 0.25) is 0 Å². The van der Waals surface area contributed by atoms with Crippen molar-refractivity contribution in [3.8, 4) is 5.75 Å². The van der Waals surface area contributed by atoms with Crippen molar-refractivity contribution < 1.29 is 4.74 Å². The third-order valence-corrected chi connectivity index (χ3v) is 3.19. The number of aromatic nitrogens is 2. The van der Waals surface area contributed by atoms with Crippen LogP contribution in [0.15, 0.2) is 24.3 Å². The van der Waals surface area contributed by atoms with E-state index in [0.29, 0.717) is 17.3 Å². The third kappa shape index (κ3) is 2.93. The highest BCUT2D eigenvalue weighted by Gasteiger charge is 2.08. The summed E-state index contributed by atoms with van der Waals surface area (Å²) >= 11 is 4.99. The molecule has 0 aliphatic rings. The number of methoxy groups -OCH3 is 1. The fraction of sp³-hybridized carbons (Fsp3) is 0.286. The topological polar surface area (TPSA) is 53.1 Å². The van der Waals surface area contributed by atoms with E-state index in [4.69, 9.17) is 22.7 Å². The molecule has 4 nitrogen and oxygen atoms in total. The van der Waals surface area contributed by atoms with Crippen LogP contribution in [0.1, 0.15) is 22.5 Å². The van der Waals surface area contributed by atoms with E-state index in [1.54, 1.807) is 7.11 Å². The van der Waals surface area contributed by atoms with E-state index >= 15 is 0 Å². The Morgan fingerprint density at radius 1 is 1.37 bits per heavy atom. The van der Waals surface area contributed by atoms with Crippen LogP contribution >= 0.6 is 12.2 Å². The lowest BCUT2D eigenvalue weighted by atomic mass is 10.1. The van der Waals surface area contributed by atoms with Crippen LogP contribution in [0.3, 0.4) is 0 Å².